The molecule has 0 atom stereocenters. The molecule has 0 radical (unpaired) electrons. The van der Waals surface area contributed by atoms with E-state index in [0.717, 1.165) is 22.3 Å². The van der Waals surface area contributed by atoms with Crippen LogP contribution in [0, 0.1) is 0 Å². The van der Waals surface area contributed by atoms with Crippen LogP contribution in [0.4, 0.5) is 17.1 Å². The zero-order chi connectivity index (χ0) is 54.2. The van der Waals surface area contributed by atoms with Crippen LogP contribution in [0.2, 0.25) is 0 Å². The van der Waals surface area contributed by atoms with Crippen LogP contribution in [0.25, 0.3) is 66.4 Å². The number of benzene rings is 9. The lowest BCUT2D eigenvalue weighted by Crippen LogP contribution is -2.14. The molecule has 1 nitrogen and oxygen atoms in total. The molecule has 0 amide bonds. The highest BCUT2D eigenvalue weighted by Gasteiger charge is 2.35. The minimum Gasteiger partial charge on any atom is -0.310 e. The highest BCUT2D eigenvalue weighted by molar-refractivity contribution is 6.06. The predicted octanol–water partition coefficient (Wildman–Crippen LogP) is 15.3. The molecule has 0 saturated heterocycles. The van der Waals surface area contributed by atoms with Crippen LogP contribution < -0.4 is 4.90 Å². The predicted molar refractivity (Wildman–Crippen MR) is 238 cm³/mol. The third-order valence-corrected chi connectivity index (χ3v) is 10.3. The Labute approximate surface area is 356 Å². The lowest BCUT2D eigenvalue weighted by molar-refractivity contribution is 0.660. The molecule has 1 heteroatoms. The molecule has 0 saturated carbocycles. The van der Waals surface area contributed by atoms with Gasteiger partial charge in [-0.25, -0.2) is 0 Å². The van der Waals surface area contributed by atoms with Crippen LogP contribution in [0.15, 0.2) is 212 Å². The molecular formula is C55H41N. The van der Waals surface area contributed by atoms with E-state index in [4.69, 9.17) is 13.7 Å². The molecule has 10 rings (SSSR count). The number of nitrogens with zero attached hydrogens (tertiary/aromatic N) is 1. The Kier molecular flexibility index (Phi) is 4.67. The Morgan fingerprint density at radius 3 is 1.93 bits per heavy atom. The van der Waals surface area contributed by atoms with E-state index in [1.165, 1.54) is 10.5 Å². The van der Waals surface area contributed by atoms with Crippen LogP contribution in [-0.4, -0.2) is 0 Å². The third-order valence-electron chi connectivity index (χ3n) is 10.3. The molecule has 0 aliphatic heterocycles. The molecule has 9 aromatic carbocycles. The zero-order valence-electron chi connectivity index (χ0n) is 49.2. The maximum atomic E-state index is 9.83. The summed E-state index contributed by atoms with van der Waals surface area (Å²) >= 11 is 0. The van der Waals surface area contributed by atoms with Gasteiger partial charge in [-0.2, -0.15) is 0 Å². The molecule has 0 spiro atoms. The molecule has 1 aliphatic rings. The standard InChI is InChI=1S/C55H41N/c1-55(2)51-26-13-11-24-47(51)48-34-33-43(37-52(48)55)42-19-15-22-45(36-42)56(44-20-7-4-8-21-44)53-27-14-12-25-49(53)50-35-32-40-18-9-10-23-46(40)54(50)41-30-28-39(29-31-41)38-16-5-3-6-17-38/h3-37H,1-2H3/i3D,5D,6D,9D,10D,12D,14D,16D,17D,18D,23D,25D,27D,28D,29D,30D,31D,32D,35D. The quantitative estimate of drug-likeness (QED) is 0.158. The van der Waals surface area contributed by atoms with Crippen molar-refractivity contribution in [1.82, 2.24) is 0 Å². The Morgan fingerprint density at radius 2 is 1.07 bits per heavy atom. The van der Waals surface area contributed by atoms with Crippen molar-refractivity contribution in [1.29, 1.82) is 0 Å². The highest BCUT2D eigenvalue weighted by atomic mass is 15.1. The maximum Gasteiger partial charge on any atom is 0.0645 e. The van der Waals surface area contributed by atoms with Crippen molar-refractivity contribution in [3.63, 3.8) is 0 Å². The van der Waals surface area contributed by atoms with Crippen molar-refractivity contribution in [3.05, 3.63) is 223 Å². The first-order chi connectivity index (χ1) is 35.4. The van der Waals surface area contributed by atoms with Crippen molar-refractivity contribution in [2.45, 2.75) is 19.3 Å². The first-order valence-corrected chi connectivity index (χ1v) is 18.0. The van der Waals surface area contributed by atoms with Crippen LogP contribution in [0.1, 0.15) is 51.0 Å². The summed E-state index contributed by atoms with van der Waals surface area (Å²) in [7, 11) is 0. The molecule has 9 aromatic rings. The van der Waals surface area contributed by atoms with Gasteiger partial charge in [-0.1, -0.05) is 189 Å². The molecule has 0 N–H and O–H groups in total. The molecule has 0 bridgehead atoms. The fraction of sp³-hybridized carbons (Fsp3) is 0.0545. The second-order valence-electron chi connectivity index (χ2n) is 13.9. The Hall–Kier alpha value is -6.96. The molecule has 0 heterocycles. The number of hydrogen-bond acceptors (Lipinski definition) is 1. The average molecular weight is 735 g/mol. The Balaban J connectivity index is 1.33. The summed E-state index contributed by atoms with van der Waals surface area (Å²) in [5, 5.41) is -1.13. The summed E-state index contributed by atoms with van der Waals surface area (Å²) in [6, 6.07) is 14.3. The largest absolute Gasteiger partial charge is 0.310 e. The van der Waals surface area contributed by atoms with Gasteiger partial charge in [0.25, 0.3) is 0 Å². The van der Waals surface area contributed by atoms with E-state index in [2.05, 4.69) is 38.1 Å². The zero-order valence-corrected chi connectivity index (χ0v) is 30.2. The van der Waals surface area contributed by atoms with E-state index in [9.17, 15) is 12.3 Å². The van der Waals surface area contributed by atoms with Gasteiger partial charge in [0.2, 0.25) is 0 Å². The molecule has 266 valence electrons. The fourth-order valence-corrected chi connectivity index (χ4v) is 7.63. The lowest BCUT2D eigenvalue weighted by atomic mass is 9.81. The van der Waals surface area contributed by atoms with E-state index in [0.29, 0.717) is 16.9 Å². The number of fused-ring (bicyclic) bond motifs is 4. The van der Waals surface area contributed by atoms with Gasteiger partial charge in [-0.15, -0.1) is 0 Å². The van der Waals surface area contributed by atoms with E-state index in [-0.39, 0.29) is 11.1 Å². The van der Waals surface area contributed by atoms with Crippen molar-refractivity contribution < 1.29 is 26.0 Å². The molecule has 56 heavy (non-hydrogen) atoms. The SMILES string of the molecule is [2H]c1c([2H])c([2H])c(-c2c([2H])c([2H])c(-c3c(-c4c([2H])c([2H])c([2H])c([2H])c4N(c4ccccc4)c4cccc(-c5ccc6c(c5)C(C)(C)c5ccccc5-6)c4)c([2H])c([2H])c4c([2H])c([2H])c([2H])c([2H])c34)c([2H])c2[2H])c([2H])c1[2H]. The summed E-state index contributed by atoms with van der Waals surface area (Å²) in [6.07, 6.45) is 0. The number of anilines is 3. The molecular weight excluding hydrogens is 675 g/mol. The van der Waals surface area contributed by atoms with Crippen LogP contribution in [-0.2, 0) is 5.41 Å². The van der Waals surface area contributed by atoms with E-state index < -0.39 is 159 Å². The minimum absolute atomic E-state index is 0.310. The van der Waals surface area contributed by atoms with Crippen LogP contribution >= 0.6 is 0 Å². The van der Waals surface area contributed by atoms with Gasteiger partial charge in [-0.3, -0.25) is 0 Å². The second-order valence-corrected chi connectivity index (χ2v) is 13.9. The molecule has 0 unspecified atom stereocenters. The number of rotatable bonds is 7. The maximum absolute atomic E-state index is 9.83. The number of hydrogen-bond donors (Lipinski definition) is 0. The summed E-state index contributed by atoms with van der Waals surface area (Å²) in [5.41, 5.74) is 2.27. The summed E-state index contributed by atoms with van der Waals surface area (Å²) in [5.74, 6) is 0. The Morgan fingerprint density at radius 1 is 0.411 bits per heavy atom. The fourth-order valence-electron chi connectivity index (χ4n) is 7.63. The van der Waals surface area contributed by atoms with Crippen molar-refractivity contribution in [3.8, 4) is 55.6 Å². The van der Waals surface area contributed by atoms with Crippen LogP contribution in [0.5, 0.6) is 0 Å². The minimum atomic E-state index is -0.958. The first-order valence-electron chi connectivity index (χ1n) is 27.5. The molecule has 0 aromatic heterocycles. The van der Waals surface area contributed by atoms with Gasteiger partial charge in [0, 0.05) is 22.4 Å². The van der Waals surface area contributed by atoms with Crippen molar-refractivity contribution in [2.75, 3.05) is 4.90 Å². The van der Waals surface area contributed by atoms with E-state index in [1.54, 1.807) is 42.5 Å². The average Bonchev–Trinajstić information content (AvgIpc) is 3.66. The van der Waals surface area contributed by atoms with Crippen molar-refractivity contribution in [2.24, 2.45) is 0 Å². The summed E-state index contributed by atoms with van der Waals surface area (Å²) in [6.45, 7) is 4.32. The third kappa shape index (κ3) is 5.72. The van der Waals surface area contributed by atoms with Gasteiger partial charge in [0.05, 0.1) is 31.7 Å². The topological polar surface area (TPSA) is 3.24 Å². The van der Waals surface area contributed by atoms with E-state index >= 15 is 0 Å². The van der Waals surface area contributed by atoms with Gasteiger partial charge < -0.3 is 4.90 Å². The van der Waals surface area contributed by atoms with Crippen molar-refractivity contribution >= 4 is 27.8 Å². The summed E-state index contributed by atoms with van der Waals surface area (Å²) < 4.78 is 173. The highest BCUT2D eigenvalue weighted by Crippen LogP contribution is 2.50. The number of para-hydroxylation sites is 2. The van der Waals surface area contributed by atoms with Gasteiger partial charge in [-0.05, 0) is 108 Å². The second kappa shape index (κ2) is 13.7. The van der Waals surface area contributed by atoms with Gasteiger partial charge in [0.15, 0.2) is 0 Å². The summed E-state index contributed by atoms with van der Waals surface area (Å²) in [4.78, 5) is 1.53. The molecule has 1 aliphatic carbocycles. The normalized spacial score (nSPS) is 17.4. The monoisotopic (exact) mass is 734 g/mol. The first kappa shape index (κ1) is 19.1. The van der Waals surface area contributed by atoms with Crippen LogP contribution in [0.3, 0.4) is 0 Å². The van der Waals surface area contributed by atoms with E-state index in [1.807, 2.05) is 30.3 Å². The smallest absolute Gasteiger partial charge is 0.0645 e. The van der Waals surface area contributed by atoms with Gasteiger partial charge in [0.1, 0.15) is 0 Å². The molecule has 0 fully saturated rings. The van der Waals surface area contributed by atoms with Gasteiger partial charge >= 0.3 is 0 Å². The lowest BCUT2D eigenvalue weighted by Gasteiger charge is -2.29. The Bertz CT molecular complexity index is 3930.